The molecular weight excluding hydrogens is 354 g/mol. The Morgan fingerprint density at radius 3 is 2.84 bits per heavy atom. The van der Waals surface area contributed by atoms with Crippen LogP contribution in [-0.4, -0.2) is 14.4 Å². The zero-order valence-electron chi connectivity index (χ0n) is 13.0. The summed E-state index contributed by atoms with van der Waals surface area (Å²) in [4.78, 5) is 21.9. The SMILES string of the molecule is O=c1cc(C=Cc2cccnc2)nc2scc(-c3cccc(Cl)c3)n12. The molecule has 25 heavy (non-hydrogen) atoms. The lowest BCUT2D eigenvalue weighted by molar-refractivity contribution is 1.08. The highest BCUT2D eigenvalue weighted by atomic mass is 35.5. The maximum atomic E-state index is 12.6. The largest absolute Gasteiger partial charge is 0.269 e. The molecule has 0 aliphatic rings. The summed E-state index contributed by atoms with van der Waals surface area (Å²) in [6.07, 6.45) is 7.18. The van der Waals surface area contributed by atoms with Crippen LogP contribution in [0.2, 0.25) is 5.02 Å². The lowest BCUT2D eigenvalue weighted by Crippen LogP contribution is -2.13. The predicted octanol–water partition coefficient (Wildman–Crippen LogP) is 4.64. The van der Waals surface area contributed by atoms with Gasteiger partial charge in [0.05, 0.1) is 11.4 Å². The standard InChI is InChI=1S/C19H12ClN3OS/c20-15-5-1-4-14(9-15)17-12-25-19-22-16(10-18(24)23(17)19)7-6-13-3-2-8-21-11-13/h1-12H. The zero-order valence-corrected chi connectivity index (χ0v) is 14.5. The predicted molar refractivity (Wildman–Crippen MR) is 103 cm³/mol. The maximum absolute atomic E-state index is 12.6. The Bertz CT molecular complexity index is 1130. The molecule has 0 spiro atoms. The highest BCUT2D eigenvalue weighted by molar-refractivity contribution is 7.15. The van der Waals surface area contributed by atoms with Gasteiger partial charge in [0, 0.05) is 34.4 Å². The van der Waals surface area contributed by atoms with Crippen molar-refractivity contribution in [3.05, 3.63) is 86.9 Å². The Hall–Kier alpha value is -2.76. The van der Waals surface area contributed by atoms with Gasteiger partial charge in [-0.15, -0.1) is 11.3 Å². The van der Waals surface area contributed by atoms with Gasteiger partial charge in [-0.05, 0) is 29.8 Å². The van der Waals surface area contributed by atoms with E-state index in [1.165, 1.54) is 17.4 Å². The van der Waals surface area contributed by atoms with Gasteiger partial charge in [0.25, 0.3) is 5.56 Å². The number of aromatic nitrogens is 3. The molecule has 4 nitrogen and oxygen atoms in total. The average Bonchev–Trinajstić information content (AvgIpc) is 3.05. The normalized spacial score (nSPS) is 11.4. The highest BCUT2D eigenvalue weighted by Crippen LogP contribution is 2.26. The molecule has 0 aliphatic carbocycles. The Labute approximate surface area is 152 Å². The van der Waals surface area contributed by atoms with Crippen molar-refractivity contribution < 1.29 is 0 Å². The van der Waals surface area contributed by atoms with Gasteiger partial charge < -0.3 is 0 Å². The van der Waals surface area contributed by atoms with E-state index in [1.54, 1.807) is 16.8 Å². The number of rotatable bonds is 3. The highest BCUT2D eigenvalue weighted by Gasteiger charge is 2.10. The molecule has 6 heteroatoms. The van der Waals surface area contributed by atoms with Gasteiger partial charge in [0.1, 0.15) is 0 Å². The van der Waals surface area contributed by atoms with Crippen molar-refractivity contribution in [1.82, 2.24) is 14.4 Å². The molecular formula is C19H12ClN3OS. The quantitative estimate of drug-likeness (QED) is 0.531. The molecule has 0 amide bonds. The fourth-order valence-electron chi connectivity index (χ4n) is 2.53. The maximum Gasteiger partial charge on any atom is 0.259 e. The van der Waals surface area contributed by atoms with E-state index >= 15 is 0 Å². The monoisotopic (exact) mass is 365 g/mol. The Balaban J connectivity index is 1.77. The fourth-order valence-corrected chi connectivity index (χ4v) is 3.63. The van der Waals surface area contributed by atoms with E-state index < -0.39 is 0 Å². The Kier molecular flexibility index (Phi) is 4.17. The summed E-state index contributed by atoms with van der Waals surface area (Å²) in [7, 11) is 0. The van der Waals surface area contributed by atoms with Crippen LogP contribution in [0.15, 0.2) is 65.0 Å². The van der Waals surface area contributed by atoms with Gasteiger partial charge in [-0.2, -0.15) is 0 Å². The molecule has 0 fully saturated rings. The second kappa shape index (κ2) is 6.63. The lowest BCUT2D eigenvalue weighted by atomic mass is 10.2. The molecule has 0 N–H and O–H groups in total. The summed E-state index contributed by atoms with van der Waals surface area (Å²) in [6, 6.07) is 12.8. The molecule has 0 radical (unpaired) electrons. The molecule has 4 aromatic rings. The molecule has 0 saturated heterocycles. The van der Waals surface area contributed by atoms with Crippen LogP contribution in [-0.2, 0) is 0 Å². The third kappa shape index (κ3) is 3.24. The van der Waals surface area contributed by atoms with Crippen LogP contribution in [0.25, 0.3) is 28.4 Å². The summed E-state index contributed by atoms with van der Waals surface area (Å²) in [6.45, 7) is 0. The number of benzene rings is 1. The Morgan fingerprint density at radius 2 is 2.04 bits per heavy atom. The van der Waals surface area contributed by atoms with E-state index in [4.69, 9.17) is 11.6 Å². The summed E-state index contributed by atoms with van der Waals surface area (Å²) in [5.74, 6) is 0. The molecule has 122 valence electrons. The molecule has 3 heterocycles. The molecule has 3 aromatic heterocycles. The van der Waals surface area contributed by atoms with Crippen LogP contribution in [0.5, 0.6) is 0 Å². The first-order valence-electron chi connectivity index (χ1n) is 7.56. The summed E-state index contributed by atoms with van der Waals surface area (Å²) >= 11 is 7.49. The number of hydrogen-bond acceptors (Lipinski definition) is 4. The number of thiazole rings is 1. The van der Waals surface area contributed by atoms with Gasteiger partial charge in [0.2, 0.25) is 0 Å². The van der Waals surface area contributed by atoms with Crippen molar-refractivity contribution >= 4 is 40.1 Å². The van der Waals surface area contributed by atoms with Gasteiger partial charge in [-0.1, -0.05) is 35.9 Å². The molecule has 4 rings (SSSR count). The van der Waals surface area contributed by atoms with Crippen LogP contribution in [0.3, 0.4) is 0 Å². The van der Waals surface area contributed by atoms with Crippen molar-refractivity contribution in [2.24, 2.45) is 0 Å². The minimum atomic E-state index is -0.118. The van der Waals surface area contributed by atoms with Gasteiger partial charge in [0.15, 0.2) is 4.96 Å². The Morgan fingerprint density at radius 1 is 1.12 bits per heavy atom. The average molecular weight is 366 g/mol. The second-order valence-corrected chi connectivity index (χ2v) is 6.66. The first-order valence-corrected chi connectivity index (χ1v) is 8.82. The van der Waals surface area contributed by atoms with Crippen LogP contribution in [0.1, 0.15) is 11.3 Å². The summed E-state index contributed by atoms with van der Waals surface area (Å²) in [5, 5.41) is 2.55. The van der Waals surface area contributed by atoms with Crippen molar-refractivity contribution in [2.75, 3.05) is 0 Å². The minimum Gasteiger partial charge on any atom is -0.269 e. The lowest BCUT2D eigenvalue weighted by Gasteiger charge is -2.02. The van der Waals surface area contributed by atoms with E-state index in [2.05, 4.69) is 9.97 Å². The first-order chi connectivity index (χ1) is 12.2. The molecule has 0 atom stereocenters. The van der Waals surface area contributed by atoms with Crippen LogP contribution < -0.4 is 5.56 Å². The minimum absolute atomic E-state index is 0.118. The van der Waals surface area contributed by atoms with E-state index in [0.717, 1.165) is 16.8 Å². The van der Waals surface area contributed by atoms with Gasteiger partial charge in [-0.25, -0.2) is 4.98 Å². The van der Waals surface area contributed by atoms with E-state index in [0.29, 0.717) is 15.7 Å². The van der Waals surface area contributed by atoms with E-state index in [9.17, 15) is 4.79 Å². The zero-order chi connectivity index (χ0) is 17.2. The van der Waals surface area contributed by atoms with Crippen molar-refractivity contribution in [2.45, 2.75) is 0 Å². The van der Waals surface area contributed by atoms with Crippen molar-refractivity contribution in [3.8, 4) is 11.3 Å². The molecule has 0 unspecified atom stereocenters. The van der Waals surface area contributed by atoms with Gasteiger partial charge in [-0.3, -0.25) is 14.2 Å². The number of pyridine rings is 1. The fraction of sp³-hybridized carbons (Fsp3) is 0. The third-order valence-corrected chi connectivity index (χ3v) is 4.74. The van der Waals surface area contributed by atoms with Crippen LogP contribution in [0.4, 0.5) is 0 Å². The first kappa shape index (κ1) is 15.7. The number of fused-ring (bicyclic) bond motifs is 1. The number of nitrogens with zero attached hydrogens (tertiary/aromatic N) is 3. The number of hydrogen-bond donors (Lipinski definition) is 0. The molecule has 0 aliphatic heterocycles. The summed E-state index contributed by atoms with van der Waals surface area (Å²) in [5.41, 5.74) is 3.14. The van der Waals surface area contributed by atoms with E-state index in [1.807, 2.05) is 53.9 Å². The third-order valence-electron chi connectivity index (χ3n) is 3.68. The van der Waals surface area contributed by atoms with Crippen molar-refractivity contribution in [3.63, 3.8) is 0 Å². The second-order valence-electron chi connectivity index (χ2n) is 5.39. The van der Waals surface area contributed by atoms with Crippen LogP contribution >= 0.6 is 22.9 Å². The topological polar surface area (TPSA) is 47.3 Å². The summed E-state index contributed by atoms with van der Waals surface area (Å²) < 4.78 is 1.61. The molecule has 0 bridgehead atoms. The van der Waals surface area contributed by atoms with Crippen molar-refractivity contribution in [1.29, 1.82) is 0 Å². The molecule has 0 saturated carbocycles. The molecule has 1 aromatic carbocycles. The van der Waals surface area contributed by atoms with Crippen LogP contribution in [0, 0.1) is 0 Å². The van der Waals surface area contributed by atoms with Gasteiger partial charge >= 0.3 is 0 Å². The smallest absolute Gasteiger partial charge is 0.259 e. The van der Waals surface area contributed by atoms with E-state index in [-0.39, 0.29) is 5.56 Å². The number of halogens is 1.